The second-order valence-corrected chi connectivity index (χ2v) is 17.4. The topological polar surface area (TPSA) is 180 Å². The molecule has 0 unspecified atom stereocenters. The van der Waals surface area contributed by atoms with Crippen molar-refractivity contribution >= 4 is 29.8 Å². The summed E-state index contributed by atoms with van der Waals surface area (Å²) in [7, 11) is 0. The highest BCUT2D eigenvalue weighted by atomic mass is 16.6. The van der Waals surface area contributed by atoms with Gasteiger partial charge >= 0.3 is 23.9 Å². The van der Waals surface area contributed by atoms with Gasteiger partial charge in [-0.05, 0) is 79.0 Å². The van der Waals surface area contributed by atoms with Crippen molar-refractivity contribution in [1.82, 2.24) is 5.32 Å². The van der Waals surface area contributed by atoms with Gasteiger partial charge in [0, 0.05) is 6.42 Å². The smallest absolute Gasteiger partial charge is 0.308 e. The predicted octanol–water partition coefficient (Wildman–Crippen LogP) is 6.31. The van der Waals surface area contributed by atoms with Gasteiger partial charge in [0.1, 0.15) is 28.9 Å². The summed E-state index contributed by atoms with van der Waals surface area (Å²) in [5.74, 6) is -2.16. The van der Waals surface area contributed by atoms with E-state index in [1.54, 1.807) is 62.3 Å². The lowest BCUT2D eigenvalue weighted by Gasteiger charge is -2.34. The second kappa shape index (κ2) is 26.8. The van der Waals surface area contributed by atoms with Crippen molar-refractivity contribution in [2.75, 3.05) is 66.1 Å². The van der Waals surface area contributed by atoms with E-state index in [0.29, 0.717) is 0 Å². The molecular weight excluding hydrogens is 790 g/mol. The lowest BCUT2D eigenvalue weighted by atomic mass is 10.0. The predicted molar refractivity (Wildman–Crippen MR) is 227 cm³/mol. The summed E-state index contributed by atoms with van der Waals surface area (Å²) in [5, 5.41) is 2.94. The molecule has 0 aliphatic carbocycles. The molecule has 0 saturated heterocycles. The molecule has 0 aromatic heterocycles. The second-order valence-electron chi connectivity index (χ2n) is 17.4. The third-order valence-corrected chi connectivity index (χ3v) is 7.91. The molecule has 0 fully saturated rings. The van der Waals surface area contributed by atoms with Crippen LogP contribution in [0.15, 0.2) is 54.6 Å². The largest absolute Gasteiger partial charge is 0.461 e. The van der Waals surface area contributed by atoms with E-state index in [4.69, 9.17) is 42.6 Å². The van der Waals surface area contributed by atoms with Gasteiger partial charge in [0.15, 0.2) is 0 Å². The van der Waals surface area contributed by atoms with Crippen LogP contribution in [0.5, 0.6) is 0 Å². The van der Waals surface area contributed by atoms with E-state index in [2.05, 4.69) is 5.32 Å². The molecule has 0 bridgehead atoms. The van der Waals surface area contributed by atoms with Crippen molar-refractivity contribution in [2.24, 2.45) is 0 Å². The molecule has 1 amide bonds. The monoisotopic (exact) mass is 859 g/mol. The van der Waals surface area contributed by atoms with Crippen molar-refractivity contribution in [1.29, 1.82) is 0 Å². The molecule has 2 aromatic carbocycles. The third-order valence-electron chi connectivity index (χ3n) is 7.91. The zero-order chi connectivity index (χ0) is 45.4. The van der Waals surface area contributed by atoms with Crippen molar-refractivity contribution in [3.63, 3.8) is 0 Å². The number of esters is 4. The molecule has 0 heterocycles. The average molecular weight is 860 g/mol. The maximum absolute atomic E-state index is 13.3. The van der Waals surface area contributed by atoms with Gasteiger partial charge in [-0.1, -0.05) is 54.6 Å². The van der Waals surface area contributed by atoms with Gasteiger partial charge < -0.3 is 47.9 Å². The van der Waals surface area contributed by atoms with Crippen LogP contribution < -0.4 is 5.32 Å². The van der Waals surface area contributed by atoms with Gasteiger partial charge in [0.05, 0.1) is 91.8 Å². The maximum Gasteiger partial charge on any atom is 0.308 e. The fourth-order valence-corrected chi connectivity index (χ4v) is 5.34. The van der Waals surface area contributed by atoms with Crippen LogP contribution in [0.1, 0.15) is 100.0 Å². The fraction of sp³-hybridized carbons (Fsp3) is 0.630. The number of rotatable bonds is 28. The molecule has 0 saturated carbocycles. The van der Waals surface area contributed by atoms with Gasteiger partial charge in [0.2, 0.25) is 5.91 Å². The summed E-state index contributed by atoms with van der Waals surface area (Å²) in [5.41, 5.74) is -0.231. The molecule has 342 valence electrons. The number of hydrogen-bond acceptors (Lipinski definition) is 14. The van der Waals surface area contributed by atoms with E-state index in [1.807, 2.05) is 54.6 Å². The normalized spacial score (nSPS) is 12.1. The van der Waals surface area contributed by atoms with Crippen molar-refractivity contribution < 1.29 is 66.6 Å². The molecule has 2 rings (SSSR count). The number of hydrogen-bond donors (Lipinski definition) is 1. The molecule has 0 radical (unpaired) electrons. The van der Waals surface area contributed by atoms with Gasteiger partial charge in [0.25, 0.3) is 0 Å². The molecule has 61 heavy (non-hydrogen) atoms. The summed E-state index contributed by atoms with van der Waals surface area (Å²) in [6, 6.07) is 17.8. The lowest BCUT2D eigenvalue weighted by molar-refractivity contribution is -0.157. The van der Waals surface area contributed by atoms with E-state index >= 15 is 0 Å². The Morgan fingerprint density at radius 2 is 0.820 bits per heavy atom. The van der Waals surface area contributed by atoms with Crippen molar-refractivity contribution in [3.8, 4) is 11.1 Å². The molecular formula is C46H69NO14. The quantitative estimate of drug-likeness (QED) is 0.0571. The zero-order valence-corrected chi connectivity index (χ0v) is 37.7. The molecule has 0 spiro atoms. The molecule has 0 atom stereocenters. The standard InChI is InChI=1S/C46H69NO14/c1-43(2,3)59-40(50)21-26-55-32-46(33-56-27-22-41(51)60-44(4,5)6,34-57-28-23-42(52)61-45(7,8)9)47-38(48)19-24-53-29-30-54-25-20-39(49)58-31-35-15-17-37(18-16-35)36-13-11-10-12-14-36/h10-18H,19-34H2,1-9H3,(H,47,48). The molecule has 1 N–H and O–H groups in total. The minimum atomic E-state index is -1.30. The highest BCUT2D eigenvalue weighted by Gasteiger charge is 2.34. The summed E-state index contributed by atoms with van der Waals surface area (Å²) >= 11 is 0. The molecule has 2 aromatic rings. The van der Waals surface area contributed by atoms with Crippen LogP contribution in [-0.4, -0.2) is 118 Å². The highest BCUT2D eigenvalue weighted by molar-refractivity contribution is 5.77. The Hall–Kier alpha value is -4.41. The lowest BCUT2D eigenvalue weighted by Crippen LogP contribution is -2.59. The Balaban J connectivity index is 1.89. The summed E-state index contributed by atoms with van der Waals surface area (Å²) < 4.78 is 50.3. The number of amides is 1. The first-order valence-corrected chi connectivity index (χ1v) is 20.8. The Kier molecular flexibility index (Phi) is 23.2. The number of nitrogens with one attached hydrogen (secondary N) is 1. The van der Waals surface area contributed by atoms with Crippen LogP contribution >= 0.6 is 0 Å². The summed E-state index contributed by atoms with van der Waals surface area (Å²) in [6.07, 6.45) is -0.0930. The molecule has 0 aliphatic rings. The van der Waals surface area contributed by atoms with Gasteiger partial charge in [-0.2, -0.15) is 0 Å². The minimum Gasteiger partial charge on any atom is -0.461 e. The number of carbonyl (C=O) groups is 5. The van der Waals surface area contributed by atoms with Gasteiger partial charge in [-0.3, -0.25) is 24.0 Å². The highest BCUT2D eigenvalue weighted by Crippen LogP contribution is 2.20. The Morgan fingerprint density at radius 1 is 0.443 bits per heavy atom. The summed E-state index contributed by atoms with van der Waals surface area (Å²) in [6.45, 7) is 16.1. The Bertz CT molecular complexity index is 1520. The van der Waals surface area contributed by atoms with Crippen molar-refractivity contribution in [2.45, 2.75) is 123 Å². The Morgan fingerprint density at radius 3 is 1.25 bits per heavy atom. The van der Waals surface area contributed by atoms with Crippen LogP contribution in [-0.2, 0) is 73.2 Å². The first-order chi connectivity index (χ1) is 28.6. The molecule has 0 aliphatic heterocycles. The van der Waals surface area contributed by atoms with Crippen LogP contribution in [0, 0.1) is 0 Å². The SMILES string of the molecule is CC(C)(C)OC(=O)CCOCC(COCCC(=O)OC(C)(C)C)(COCCC(=O)OC(C)(C)C)NC(=O)CCOCCOCCC(=O)OCc1ccc(-c2ccccc2)cc1. The maximum atomic E-state index is 13.3. The first-order valence-electron chi connectivity index (χ1n) is 20.8. The van der Waals surface area contributed by atoms with Crippen LogP contribution in [0.25, 0.3) is 11.1 Å². The van der Waals surface area contributed by atoms with Crippen molar-refractivity contribution in [3.05, 3.63) is 60.2 Å². The minimum absolute atomic E-state index is 0.0217. The van der Waals surface area contributed by atoms with E-state index in [9.17, 15) is 24.0 Å². The van der Waals surface area contributed by atoms with Gasteiger partial charge in [-0.25, -0.2) is 0 Å². The summed E-state index contributed by atoms with van der Waals surface area (Å²) in [4.78, 5) is 62.6. The van der Waals surface area contributed by atoms with Crippen LogP contribution in [0.3, 0.4) is 0 Å². The third kappa shape index (κ3) is 26.5. The zero-order valence-electron chi connectivity index (χ0n) is 37.7. The number of carbonyl (C=O) groups excluding carboxylic acids is 5. The number of ether oxygens (including phenoxy) is 9. The Labute approximate surface area is 361 Å². The van der Waals surface area contributed by atoms with E-state index < -0.39 is 46.2 Å². The molecule has 15 heteroatoms. The average Bonchev–Trinajstić information content (AvgIpc) is 3.15. The van der Waals surface area contributed by atoms with E-state index in [1.165, 1.54) is 0 Å². The number of benzene rings is 2. The van der Waals surface area contributed by atoms with E-state index in [0.717, 1.165) is 16.7 Å². The van der Waals surface area contributed by atoms with Crippen LogP contribution in [0.2, 0.25) is 0 Å². The molecule has 15 nitrogen and oxygen atoms in total. The van der Waals surface area contributed by atoms with Gasteiger partial charge in [-0.15, -0.1) is 0 Å². The van der Waals surface area contributed by atoms with E-state index in [-0.39, 0.29) is 111 Å². The first kappa shape index (κ1) is 52.7. The van der Waals surface area contributed by atoms with Crippen LogP contribution in [0.4, 0.5) is 0 Å². The fourth-order valence-electron chi connectivity index (χ4n) is 5.34.